The second-order valence-electron chi connectivity index (χ2n) is 6.51. The predicted molar refractivity (Wildman–Crippen MR) is 88.7 cm³/mol. The highest BCUT2D eigenvalue weighted by atomic mass is 31.2. The second kappa shape index (κ2) is 9.50. The molecule has 0 aliphatic heterocycles. The number of carbonyl (C=O) groups is 1. The van der Waals surface area contributed by atoms with Gasteiger partial charge in [-0.2, -0.15) is 5.11 Å². The molecule has 136 valence electrons. The fourth-order valence-corrected chi connectivity index (χ4v) is 3.25. The fraction of sp³-hybridized carbons (Fsp3) is 0.933. The third kappa shape index (κ3) is 6.69. The van der Waals surface area contributed by atoms with Gasteiger partial charge in [-0.25, -0.2) is 10.3 Å². The molecule has 0 rings (SSSR count). The van der Waals surface area contributed by atoms with Crippen molar-refractivity contribution < 1.29 is 23.1 Å². The lowest BCUT2D eigenvalue weighted by molar-refractivity contribution is -0.158. The molecule has 0 saturated heterocycles. The van der Waals surface area contributed by atoms with Crippen molar-refractivity contribution in [3.63, 3.8) is 0 Å². The second-order valence-corrected chi connectivity index (χ2v) is 8.89. The quantitative estimate of drug-likeness (QED) is 0.247. The number of hydrogen-bond acceptors (Lipinski definition) is 7. The van der Waals surface area contributed by atoms with E-state index in [1.54, 1.807) is 20.8 Å². The van der Waals surface area contributed by atoms with Gasteiger partial charge in [0.25, 0.3) is 5.28 Å². The molecule has 0 aliphatic rings. The lowest BCUT2D eigenvalue weighted by atomic mass is 10.2. The Labute approximate surface area is 139 Å². The van der Waals surface area contributed by atoms with Crippen molar-refractivity contribution in [1.29, 1.82) is 5.53 Å². The molecular formula is C15H31N2O5P. The maximum Gasteiger partial charge on any atom is 0.371 e. The minimum absolute atomic E-state index is 0.174. The molecule has 1 atom stereocenters. The summed E-state index contributed by atoms with van der Waals surface area (Å²) < 4.78 is 29.3. The van der Waals surface area contributed by atoms with Gasteiger partial charge < -0.3 is 13.8 Å². The van der Waals surface area contributed by atoms with Crippen LogP contribution in [0.1, 0.15) is 67.2 Å². The van der Waals surface area contributed by atoms with Crippen LogP contribution in [0.25, 0.3) is 0 Å². The molecule has 8 heteroatoms. The lowest BCUT2D eigenvalue weighted by Gasteiger charge is -2.32. The Morgan fingerprint density at radius 1 is 1.04 bits per heavy atom. The molecule has 0 spiro atoms. The van der Waals surface area contributed by atoms with Gasteiger partial charge in [0.2, 0.25) is 0 Å². The van der Waals surface area contributed by atoms with E-state index in [1.165, 1.54) is 6.92 Å². The summed E-state index contributed by atoms with van der Waals surface area (Å²) in [7, 11) is -3.97. The van der Waals surface area contributed by atoms with Crippen LogP contribution >= 0.6 is 7.60 Å². The lowest BCUT2D eigenvalue weighted by Crippen LogP contribution is -2.40. The highest BCUT2D eigenvalue weighted by Gasteiger charge is 2.56. The van der Waals surface area contributed by atoms with Crippen LogP contribution < -0.4 is 0 Å². The van der Waals surface area contributed by atoms with E-state index in [0.717, 1.165) is 12.8 Å². The van der Waals surface area contributed by atoms with E-state index in [9.17, 15) is 9.36 Å². The molecule has 0 radical (unpaired) electrons. The van der Waals surface area contributed by atoms with Gasteiger partial charge in [-0.1, -0.05) is 26.7 Å². The van der Waals surface area contributed by atoms with E-state index in [4.69, 9.17) is 19.3 Å². The van der Waals surface area contributed by atoms with Crippen molar-refractivity contribution in [3.8, 4) is 0 Å². The summed E-state index contributed by atoms with van der Waals surface area (Å²) in [6.45, 7) is 10.6. The zero-order valence-corrected chi connectivity index (χ0v) is 16.1. The van der Waals surface area contributed by atoms with Crippen molar-refractivity contribution in [3.05, 3.63) is 0 Å². The maximum atomic E-state index is 13.2. The Bertz CT molecular complexity index is 422. The van der Waals surface area contributed by atoms with E-state index >= 15 is 0 Å². The van der Waals surface area contributed by atoms with Gasteiger partial charge in [0.05, 0.1) is 13.2 Å². The number of nitrogens with zero attached hydrogens (tertiary/aromatic N) is 1. The van der Waals surface area contributed by atoms with Crippen molar-refractivity contribution >= 4 is 13.6 Å². The SMILES string of the molecule is CCCCOP(=O)(OCCCC)C(C)(N=N)C(=O)OC(C)(C)C. The van der Waals surface area contributed by atoms with E-state index in [2.05, 4.69) is 5.11 Å². The Kier molecular flexibility index (Phi) is 9.18. The van der Waals surface area contributed by atoms with Crippen LogP contribution in [-0.2, 0) is 23.1 Å². The molecule has 0 aliphatic carbocycles. The number of carbonyl (C=O) groups excluding carboxylic acids is 1. The fourth-order valence-electron chi connectivity index (χ4n) is 1.54. The third-order valence-electron chi connectivity index (χ3n) is 3.05. The Hall–Kier alpha value is -0.780. The van der Waals surface area contributed by atoms with Gasteiger partial charge in [-0.3, -0.25) is 4.57 Å². The smallest absolute Gasteiger partial charge is 0.371 e. The monoisotopic (exact) mass is 350 g/mol. The maximum absolute atomic E-state index is 13.2. The van der Waals surface area contributed by atoms with Crippen molar-refractivity contribution in [2.24, 2.45) is 5.11 Å². The van der Waals surface area contributed by atoms with Crippen molar-refractivity contribution in [2.75, 3.05) is 13.2 Å². The molecule has 0 amide bonds. The minimum atomic E-state index is -3.97. The molecular weight excluding hydrogens is 319 g/mol. The van der Waals surface area contributed by atoms with Crippen LogP contribution in [0.2, 0.25) is 0 Å². The predicted octanol–water partition coefficient (Wildman–Crippen LogP) is 4.90. The molecule has 7 nitrogen and oxygen atoms in total. The molecule has 0 fully saturated rings. The van der Waals surface area contributed by atoms with E-state index in [0.29, 0.717) is 12.8 Å². The van der Waals surface area contributed by atoms with Crippen molar-refractivity contribution in [1.82, 2.24) is 0 Å². The number of unbranched alkanes of at least 4 members (excludes halogenated alkanes) is 2. The van der Waals surface area contributed by atoms with Crippen LogP contribution in [0.3, 0.4) is 0 Å². The molecule has 0 aromatic rings. The number of hydrogen-bond donors (Lipinski definition) is 1. The van der Waals surface area contributed by atoms with Crippen LogP contribution in [0.4, 0.5) is 0 Å². The molecule has 1 N–H and O–H groups in total. The summed E-state index contributed by atoms with van der Waals surface area (Å²) in [5.41, 5.74) is 6.61. The van der Waals surface area contributed by atoms with E-state index in [1.807, 2.05) is 13.8 Å². The van der Waals surface area contributed by atoms with Gasteiger partial charge >= 0.3 is 13.6 Å². The summed E-state index contributed by atoms with van der Waals surface area (Å²) in [6, 6.07) is 0. The first kappa shape index (κ1) is 22.2. The molecule has 23 heavy (non-hydrogen) atoms. The van der Waals surface area contributed by atoms with Crippen molar-refractivity contribution in [2.45, 2.75) is 78.1 Å². The molecule has 1 unspecified atom stereocenters. The summed E-state index contributed by atoms with van der Waals surface area (Å²) in [5, 5.41) is 1.30. The van der Waals surface area contributed by atoms with Gasteiger partial charge in [-0.05, 0) is 40.5 Å². The largest absolute Gasteiger partial charge is 0.458 e. The summed E-state index contributed by atoms with van der Waals surface area (Å²) in [5.74, 6) is -0.878. The Morgan fingerprint density at radius 2 is 1.48 bits per heavy atom. The van der Waals surface area contributed by atoms with Crippen LogP contribution in [0.15, 0.2) is 5.11 Å². The summed E-state index contributed by atoms with van der Waals surface area (Å²) in [6.07, 6.45) is 3.03. The van der Waals surface area contributed by atoms with Crippen LogP contribution in [0.5, 0.6) is 0 Å². The first-order valence-electron chi connectivity index (χ1n) is 8.07. The summed E-state index contributed by atoms with van der Waals surface area (Å²) >= 11 is 0. The highest BCUT2D eigenvalue weighted by Crippen LogP contribution is 2.61. The Balaban J connectivity index is 5.44. The van der Waals surface area contributed by atoms with Crippen LogP contribution in [0, 0.1) is 5.53 Å². The number of rotatable bonds is 11. The van der Waals surface area contributed by atoms with Crippen LogP contribution in [-0.4, -0.2) is 30.1 Å². The number of ether oxygens (including phenoxy) is 1. The average Bonchev–Trinajstić information content (AvgIpc) is 2.45. The zero-order valence-electron chi connectivity index (χ0n) is 15.2. The molecule has 0 saturated carbocycles. The van der Waals surface area contributed by atoms with E-state index < -0.39 is 24.4 Å². The number of nitrogens with one attached hydrogen (secondary N) is 1. The number of esters is 1. The molecule has 0 bridgehead atoms. The first-order chi connectivity index (χ1) is 10.6. The zero-order chi connectivity index (χ0) is 18.1. The topological polar surface area (TPSA) is 98.0 Å². The molecule has 0 aromatic carbocycles. The molecule has 0 heterocycles. The van der Waals surface area contributed by atoms with E-state index in [-0.39, 0.29) is 13.2 Å². The minimum Gasteiger partial charge on any atom is -0.458 e. The summed E-state index contributed by atoms with van der Waals surface area (Å²) in [4.78, 5) is 12.5. The molecule has 0 aromatic heterocycles. The normalized spacial score (nSPS) is 15.0. The van der Waals surface area contributed by atoms with Gasteiger partial charge in [0.1, 0.15) is 5.60 Å². The first-order valence-corrected chi connectivity index (χ1v) is 9.62. The standard InChI is InChI=1S/C15H31N2O5P/c1-7-9-11-20-23(19,21-12-10-8-2)15(6,17-16)13(18)22-14(3,4)5/h16H,7-12H2,1-6H3. The van der Waals surface area contributed by atoms with Gasteiger partial charge in [0.15, 0.2) is 0 Å². The Morgan fingerprint density at radius 3 is 1.78 bits per heavy atom. The van der Waals surface area contributed by atoms with Gasteiger partial charge in [-0.15, -0.1) is 0 Å². The third-order valence-corrected chi connectivity index (χ3v) is 5.45. The highest BCUT2D eigenvalue weighted by molar-refractivity contribution is 7.56. The van der Waals surface area contributed by atoms with Gasteiger partial charge in [0, 0.05) is 0 Å². The average molecular weight is 350 g/mol.